The van der Waals surface area contributed by atoms with Crippen LogP contribution in [0.4, 0.5) is 0 Å². The minimum absolute atomic E-state index is 0.119. The van der Waals surface area contributed by atoms with Crippen molar-refractivity contribution in [3.63, 3.8) is 0 Å². The van der Waals surface area contributed by atoms with Crippen LogP contribution in [0.5, 0.6) is 5.75 Å². The first kappa shape index (κ1) is 19.5. The Kier molecular flexibility index (Phi) is 4.63. The van der Waals surface area contributed by atoms with Gasteiger partial charge in [-0.1, -0.05) is 30.3 Å². The number of hydrogen-bond donors (Lipinski definition) is 3. The monoisotopic (exact) mass is 417 g/mol. The summed E-state index contributed by atoms with van der Waals surface area (Å²) in [5.41, 5.74) is 4.93. The van der Waals surface area contributed by atoms with Crippen LogP contribution in [-0.4, -0.2) is 22.0 Å². The Labute approximate surface area is 179 Å². The van der Waals surface area contributed by atoms with Gasteiger partial charge in [0.15, 0.2) is 0 Å². The fourth-order valence-electron chi connectivity index (χ4n) is 4.69. The lowest BCUT2D eigenvalue weighted by atomic mass is 9.95. The number of benzene rings is 2. The molecular formula is C24H23N3O4. The molecule has 3 N–H and O–H groups in total. The predicted octanol–water partition coefficient (Wildman–Crippen LogP) is 3.19. The van der Waals surface area contributed by atoms with Crippen LogP contribution < -0.4 is 15.5 Å². The maximum absolute atomic E-state index is 12.4. The highest BCUT2D eigenvalue weighted by Gasteiger charge is 2.67. The number of fused-ring (bicyclic) bond motifs is 1. The number of para-hydroxylation sites is 1. The van der Waals surface area contributed by atoms with Gasteiger partial charge in [-0.3, -0.25) is 19.8 Å². The van der Waals surface area contributed by atoms with Crippen LogP contribution in [0, 0.1) is 18.3 Å². The molecule has 2 heterocycles. The Balaban J connectivity index is 1.27. The number of rotatable bonds is 5. The maximum Gasteiger partial charge on any atom is 0.247 e. The fourth-order valence-corrected chi connectivity index (χ4v) is 4.69. The first-order chi connectivity index (χ1) is 15.0. The van der Waals surface area contributed by atoms with Crippen molar-refractivity contribution in [3.8, 4) is 5.75 Å². The molecule has 1 unspecified atom stereocenters. The molecule has 1 saturated heterocycles. The Morgan fingerprint density at radius 2 is 2.00 bits per heavy atom. The summed E-state index contributed by atoms with van der Waals surface area (Å²) in [6.45, 7) is 2.41. The van der Waals surface area contributed by atoms with Gasteiger partial charge in [0.25, 0.3) is 0 Å². The molecule has 5 rings (SSSR count). The van der Waals surface area contributed by atoms with Gasteiger partial charge in [0.05, 0.1) is 22.9 Å². The minimum atomic E-state index is -0.688. The molecule has 1 aliphatic carbocycles. The number of amides is 2. The highest BCUT2D eigenvalue weighted by Crippen LogP contribution is 2.60. The average molecular weight is 417 g/mol. The van der Waals surface area contributed by atoms with Gasteiger partial charge >= 0.3 is 0 Å². The van der Waals surface area contributed by atoms with E-state index in [2.05, 4.69) is 10.3 Å². The average Bonchev–Trinajstić information content (AvgIpc) is 3.42. The molecule has 1 aromatic heterocycles. The highest BCUT2D eigenvalue weighted by atomic mass is 16.5. The third kappa shape index (κ3) is 3.41. The topological polar surface area (TPSA) is 101 Å². The summed E-state index contributed by atoms with van der Waals surface area (Å²) in [4.78, 5) is 28.7. The van der Waals surface area contributed by atoms with E-state index in [1.54, 1.807) is 5.48 Å². The van der Waals surface area contributed by atoms with Crippen molar-refractivity contribution in [2.45, 2.75) is 32.4 Å². The molecule has 0 radical (unpaired) electrons. The van der Waals surface area contributed by atoms with Gasteiger partial charge in [-0.15, -0.1) is 0 Å². The molecular weight excluding hydrogens is 394 g/mol. The third-order valence-corrected chi connectivity index (χ3v) is 6.43. The van der Waals surface area contributed by atoms with Crippen LogP contribution in [0.3, 0.4) is 0 Å². The van der Waals surface area contributed by atoms with E-state index in [-0.39, 0.29) is 11.9 Å². The van der Waals surface area contributed by atoms with E-state index in [0.29, 0.717) is 19.4 Å². The first-order valence-electron chi connectivity index (χ1n) is 10.3. The zero-order valence-electron chi connectivity index (χ0n) is 17.1. The largest absolute Gasteiger partial charge is 0.489 e. The summed E-state index contributed by atoms with van der Waals surface area (Å²) in [6, 6.07) is 17.6. The van der Waals surface area contributed by atoms with Crippen molar-refractivity contribution < 1.29 is 19.5 Å². The second-order valence-electron chi connectivity index (χ2n) is 8.42. The summed E-state index contributed by atoms with van der Waals surface area (Å²) in [5.74, 6) is -0.321. The lowest BCUT2D eigenvalue weighted by Gasteiger charge is -2.13. The zero-order chi connectivity index (χ0) is 21.6. The van der Waals surface area contributed by atoms with E-state index in [9.17, 15) is 9.59 Å². The zero-order valence-corrected chi connectivity index (χ0v) is 17.1. The van der Waals surface area contributed by atoms with Crippen molar-refractivity contribution in [2.75, 3.05) is 0 Å². The van der Waals surface area contributed by atoms with E-state index in [4.69, 9.17) is 9.94 Å². The molecule has 3 aromatic rings. The third-order valence-electron chi connectivity index (χ3n) is 6.43. The van der Waals surface area contributed by atoms with Crippen LogP contribution in [-0.2, 0) is 16.2 Å². The number of hydroxylamine groups is 1. The number of nitrogens with zero attached hydrogens (tertiary/aromatic N) is 1. The fraction of sp³-hybridized carbons (Fsp3) is 0.292. The van der Waals surface area contributed by atoms with E-state index in [0.717, 1.165) is 33.5 Å². The quantitative estimate of drug-likeness (QED) is 0.437. The standard InChI is InChI=1S/C24H23N3O4/c1-14-10-16(18-4-2-3-5-20(18)25-14)13-31-17-8-6-15(7-9-17)21-12-24(23(29)26-21)11-19(24)22(28)27-30/h2-10,19,21,30H,11-13H2,1H3,(H,26,29)(H,27,28)/t19-,21?,24-/m1/s1. The van der Waals surface area contributed by atoms with Gasteiger partial charge < -0.3 is 10.1 Å². The normalized spacial score (nSPS) is 24.3. The molecule has 0 bridgehead atoms. The molecule has 2 fully saturated rings. The lowest BCUT2D eigenvalue weighted by molar-refractivity contribution is -0.134. The molecule has 7 nitrogen and oxygen atoms in total. The van der Waals surface area contributed by atoms with Gasteiger partial charge in [0, 0.05) is 16.6 Å². The van der Waals surface area contributed by atoms with Crippen LogP contribution >= 0.6 is 0 Å². The first-order valence-corrected chi connectivity index (χ1v) is 10.3. The molecule has 7 heteroatoms. The number of hydrogen-bond acceptors (Lipinski definition) is 5. The molecule has 2 aromatic carbocycles. The molecule has 1 aliphatic heterocycles. The minimum Gasteiger partial charge on any atom is -0.489 e. The summed E-state index contributed by atoms with van der Waals surface area (Å²) in [5, 5.41) is 12.9. The Bertz CT molecular complexity index is 1180. The number of aromatic nitrogens is 1. The van der Waals surface area contributed by atoms with E-state index in [1.165, 1.54) is 0 Å². The lowest BCUT2D eigenvalue weighted by Crippen LogP contribution is -2.28. The van der Waals surface area contributed by atoms with Crippen molar-refractivity contribution in [2.24, 2.45) is 11.3 Å². The van der Waals surface area contributed by atoms with Crippen LogP contribution in [0.25, 0.3) is 10.9 Å². The summed E-state index contributed by atoms with van der Waals surface area (Å²) >= 11 is 0. The Morgan fingerprint density at radius 3 is 2.77 bits per heavy atom. The number of carbonyl (C=O) groups excluding carboxylic acids is 2. The summed E-state index contributed by atoms with van der Waals surface area (Å²) in [6.07, 6.45) is 1.02. The van der Waals surface area contributed by atoms with Crippen molar-refractivity contribution in [1.82, 2.24) is 15.8 Å². The molecule has 2 aliphatic rings. The maximum atomic E-state index is 12.4. The van der Waals surface area contributed by atoms with Gasteiger partial charge in [-0.05, 0) is 49.6 Å². The molecule has 31 heavy (non-hydrogen) atoms. The van der Waals surface area contributed by atoms with Crippen molar-refractivity contribution in [3.05, 3.63) is 71.4 Å². The molecule has 3 atom stereocenters. The second-order valence-corrected chi connectivity index (χ2v) is 8.42. The van der Waals surface area contributed by atoms with Crippen molar-refractivity contribution >= 4 is 22.7 Å². The summed E-state index contributed by atoms with van der Waals surface area (Å²) < 4.78 is 6.01. The molecule has 1 saturated carbocycles. The highest BCUT2D eigenvalue weighted by molar-refractivity contribution is 5.97. The molecule has 158 valence electrons. The predicted molar refractivity (Wildman–Crippen MR) is 113 cm³/mol. The van der Waals surface area contributed by atoms with Crippen LogP contribution in [0.1, 0.15) is 35.7 Å². The van der Waals surface area contributed by atoms with Crippen LogP contribution in [0.2, 0.25) is 0 Å². The van der Waals surface area contributed by atoms with Crippen LogP contribution in [0.15, 0.2) is 54.6 Å². The van der Waals surface area contributed by atoms with E-state index < -0.39 is 17.2 Å². The Hall–Kier alpha value is -3.45. The Morgan fingerprint density at radius 1 is 1.23 bits per heavy atom. The van der Waals surface area contributed by atoms with Crippen molar-refractivity contribution in [1.29, 1.82) is 0 Å². The van der Waals surface area contributed by atoms with E-state index in [1.807, 2.05) is 61.5 Å². The second kappa shape index (κ2) is 7.35. The number of ether oxygens (including phenoxy) is 1. The number of pyridine rings is 1. The number of aryl methyl sites for hydroxylation is 1. The number of nitrogens with one attached hydrogen (secondary N) is 2. The van der Waals surface area contributed by atoms with Gasteiger partial charge in [-0.25, -0.2) is 5.48 Å². The SMILES string of the molecule is Cc1cc(COc2ccc(C3C[C@@]4(C[C@@H]4C(=O)NO)C(=O)N3)cc2)c2ccccc2n1. The smallest absolute Gasteiger partial charge is 0.247 e. The summed E-state index contributed by atoms with van der Waals surface area (Å²) in [7, 11) is 0. The molecule has 2 amide bonds. The van der Waals surface area contributed by atoms with Gasteiger partial charge in [0.1, 0.15) is 12.4 Å². The van der Waals surface area contributed by atoms with E-state index >= 15 is 0 Å². The van der Waals surface area contributed by atoms with Gasteiger partial charge in [0.2, 0.25) is 11.8 Å². The number of carbonyl (C=O) groups is 2. The molecule has 1 spiro atoms. The van der Waals surface area contributed by atoms with Gasteiger partial charge in [-0.2, -0.15) is 0 Å².